The largest absolute Gasteiger partial charge is 0.454 e. The van der Waals surface area contributed by atoms with Crippen molar-refractivity contribution < 1.29 is 9.53 Å². The highest BCUT2D eigenvalue weighted by Crippen LogP contribution is 2.39. The molecule has 3 aromatic carbocycles. The van der Waals surface area contributed by atoms with Crippen molar-refractivity contribution in [3.63, 3.8) is 0 Å². The van der Waals surface area contributed by atoms with E-state index in [0.29, 0.717) is 0 Å². The van der Waals surface area contributed by atoms with E-state index in [0.717, 1.165) is 16.7 Å². The van der Waals surface area contributed by atoms with E-state index in [9.17, 15) is 4.79 Å². The highest BCUT2D eigenvalue weighted by Gasteiger charge is 2.37. The maximum Gasteiger partial charge on any atom is 0.384 e. The maximum absolute atomic E-state index is 11.7. The van der Waals surface area contributed by atoms with Crippen LogP contribution in [0, 0.1) is 12.3 Å². The second-order valence-electron chi connectivity index (χ2n) is 5.72. The molecule has 0 unspecified atom stereocenters. The zero-order valence-corrected chi connectivity index (χ0v) is 13.8. The van der Waals surface area contributed by atoms with Crippen LogP contribution < -0.4 is 0 Å². The summed E-state index contributed by atoms with van der Waals surface area (Å²) in [6.07, 6.45) is 5.19. The smallest absolute Gasteiger partial charge is 0.384 e. The number of hydrogen-bond donors (Lipinski definition) is 0. The van der Waals surface area contributed by atoms with E-state index in [-0.39, 0.29) is 6.61 Å². The Morgan fingerprint density at radius 3 is 1.44 bits per heavy atom. The lowest BCUT2D eigenvalue weighted by Crippen LogP contribution is -2.35. The van der Waals surface area contributed by atoms with E-state index in [4.69, 9.17) is 11.2 Å². The lowest BCUT2D eigenvalue weighted by Gasteiger charge is -2.35. The fourth-order valence-corrected chi connectivity index (χ4v) is 3.13. The molecule has 0 aliphatic rings. The number of esters is 1. The number of hydrogen-bond acceptors (Lipinski definition) is 2. The molecule has 3 rings (SSSR count). The quantitative estimate of drug-likeness (QED) is 0.304. The fourth-order valence-electron chi connectivity index (χ4n) is 3.13. The van der Waals surface area contributed by atoms with Crippen molar-refractivity contribution in [3.8, 4) is 12.3 Å². The van der Waals surface area contributed by atoms with Gasteiger partial charge in [0, 0.05) is 5.92 Å². The SMILES string of the molecule is C#CC(=O)OCC(c1ccccc1)(c1ccccc1)c1ccccc1. The summed E-state index contributed by atoms with van der Waals surface area (Å²) in [5.74, 6) is 1.37. The van der Waals surface area contributed by atoms with Crippen LogP contribution >= 0.6 is 0 Å². The second kappa shape index (κ2) is 7.51. The molecular formula is C23H18O2. The van der Waals surface area contributed by atoms with Crippen LogP contribution in [-0.4, -0.2) is 12.6 Å². The predicted molar refractivity (Wildman–Crippen MR) is 99.0 cm³/mol. The molecule has 0 saturated carbocycles. The van der Waals surface area contributed by atoms with E-state index in [1.54, 1.807) is 0 Å². The van der Waals surface area contributed by atoms with Crippen molar-refractivity contribution in [2.75, 3.05) is 6.61 Å². The molecule has 0 spiro atoms. The molecule has 25 heavy (non-hydrogen) atoms. The second-order valence-corrected chi connectivity index (χ2v) is 5.72. The molecule has 0 radical (unpaired) electrons. The molecule has 0 saturated heterocycles. The number of rotatable bonds is 5. The van der Waals surface area contributed by atoms with Gasteiger partial charge in [-0.05, 0) is 16.7 Å². The summed E-state index contributed by atoms with van der Waals surface area (Å²) in [5, 5.41) is 0. The lowest BCUT2D eigenvalue weighted by molar-refractivity contribution is -0.137. The van der Waals surface area contributed by atoms with Crippen LogP contribution in [0.25, 0.3) is 0 Å². The monoisotopic (exact) mass is 326 g/mol. The van der Waals surface area contributed by atoms with Crippen molar-refractivity contribution >= 4 is 5.97 Å². The number of carbonyl (C=O) groups excluding carboxylic acids is 1. The Morgan fingerprint density at radius 1 is 0.760 bits per heavy atom. The van der Waals surface area contributed by atoms with Gasteiger partial charge in [-0.2, -0.15) is 0 Å². The lowest BCUT2D eigenvalue weighted by atomic mass is 9.70. The van der Waals surface area contributed by atoms with Gasteiger partial charge in [0.2, 0.25) is 0 Å². The van der Waals surface area contributed by atoms with E-state index >= 15 is 0 Å². The molecule has 0 amide bonds. The van der Waals surface area contributed by atoms with Gasteiger partial charge in [0.15, 0.2) is 0 Å². The van der Waals surface area contributed by atoms with Crippen LogP contribution in [0.3, 0.4) is 0 Å². The van der Waals surface area contributed by atoms with Gasteiger partial charge in [-0.1, -0.05) is 91.0 Å². The summed E-state index contributed by atoms with van der Waals surface area (Å²) in [4.78, 5) is 11.7. The highest BCUT2D eigenvalue weighted by molar-refractivity contribution is 5.87. The average molecular weight is 326 g/mol. The van der Waals surface area contributed by atoms with Crippen LogP contribution in [0.15, 0.2) is 91.0 Å². The van der Waals surface area contributed by atoms with Gasteiger partial charge in [-0.3, -0.25) is 0 Å². The molecule has 0 aliphatic heterocycles. The van der Waals surface area contributed by atoms with Crippen molar-refractivity contribution in [1.82, 2.24) is 0 Å². The third-order valence-corrected chi connectivity index (χ3v) is 4.34. The number of benzene rings is 3. The first-order chi connectivity index (χ1) is 12.3. The molecule has 0 bridgehead atoms. The number of ether oxygens (including phenoxy) is 1. The zero-order chi connectivity index (χ0) is 17.5. The third kappa shape index (κ3) is 3.32. The first-order valence-corrected chi connectivity index (χ1v) is 8.07. The van der Waals surface area contributed by atoms with Gasteiger partial charge in [0.05, 0.1) is 5.41 Å². The minimum absolute atomic E-state index is 0.133. The third-order valence-electron chi connectivity index (χ3n) is 4.34. The topological polar surface area (TPSA) is 26.3 Å². The Kier molecular flexibility index (Phi) is 4.97. The normalized spacial score (nSPS) is 10.7. The highest BCUT2D eigenvalue weighted by atomic mass is 16.5. The van der Waals surface area contributed by atoms with E-state index in [1.165, 1.54) is 0 Å². The number of terminal acetylenes is 1. The van der Waals surface area contributed by atoms with Crippen molar-refractivity contribution in [1.29, 1.82) is 0 Å². The summed E-state index contributed by atoms with van der Waals surface area (Å²) in [7, 11) is 0. The molecule has 2 nitrogen and oxygen atoms in total. The summed E-state index contributed by atoms with van der Waals surface area (Å²) >= 11 is 0. The molecule has 0 N–H and O–H groups in total. The molecule has 0 aromatic heterocycles. The summed E-state index contributed by atoms with van der Waals surface area (Å²) in [6, 6.07) is 30.1. The van der Waals surface area contributed by atoms with Gasteiger partial charge < -0.3 is 4.74 Å². The van der Waals surface area contributed by atoms with Gasteiger partial charge >= 0.3 is 5.97 Å². The minimum Gasteiger partial charge on any atom is -0.454 e. The van der Waals surface area contributed by atoms with Crippen LogP contribution in [0.1, 0.15) is 16.7 Å². The van der Waals surface area contributed by atoms with Gasteiger partial charge in [0.25, 0.3) is 0 Å². The molecule has 0 aliphatic carbocycles. The predicted octanol–water partition coefficient (Wildman–Crippen LogP) is 4.20. The van der Waals surface area contributed by atoms with Gasteiger partial charge in [-0.25, -0.2) is 4.79 Å². The van der Waals surface area contributed by atoms with Crippen molar-refractivity contribution in [2.45, 2.75) is 5.41 Å². The van der Waals surface area contributed by atoms with E-state index in [1.807, 2.05) is 96.9 Å². The van der Waals surface area contributed by atoms with E-state index in [2.05, 4.69) is 0 Å². The Labute approximate surface area is 148 Å². The first-order valence-electron chi connectivity index (χ1n) is 8.07. The summed E-state index contributed by atoms with van der Waals surface area (Å²) in [6.45, 7) is 0.133. The average Bonchev–Trinajstić information content (AvgIpc) is 2.71. The standard InChI is InChI=1S/C23H18O2/c1-2-22(24)25-18-23(19-12-6-3-7-13-19,20-14-8-4-9-15-20)21-16-10-5-11-17-21/h1,3-17H,18H2. The number of carbonyl (C=O) groups is 1. The maximum atomic E-state index is 11.7. The van der Waals surface area contributed by atoms with Crippen LogP contribution in [0.2, 0.25) is 0 Å². The molecule has 3 aromatic rings. The van der Waals surface area contributed by atoms with Crippen LogP contribution in [0.4, 0.5) is 0 Å². The molecule has 2 heteroatoms. The summed E-state index contributed by atoms with van der Waals surface area (Å²) < 4.78 is 5.44. The molecule has 0 fully saturated rings. The van der Waals surface area contributed by atoms with Crippen molar-refractivity contribution in [2.24, 2.45) is 0 Å². The van der Waals surface area contributed by atoms with Crippen LogP contribution in [-0.2, 0) is 14.9 Å². The van der Waals surface area contributed by atoms with Crippen molar-refractivity contribution in [3.05, 3.63) is 108 Å². The minimum atomic E-state index is -0.660. The van der Waals surface area contributed by atoms with Gasteiger partial charge in [-0.15, -0.1) is 6.42 Å². The summed E-state index contributed by atoms with van der Waals surface area (Å²) in [5.41, 5.74) is 2.49. The molecule has 122 valence electrons. The molecule has 0 heterocycles. The Morgan fingerprint density at radius 2 is 1.12 bits per heavy atom. The molecular weight excluding hydrogens is 308 g/mol. The van der Waals surface area contributed by atoms with Gasteiger partial charge in [0.1, 0.15) is 6.61 Å². The molecule has 0 atom stereocenters. The Bertz CT molecular complexity index is 766. The Hall–Kier alpha value is -3.31. The first kappa shape index (κ1) is 16.5. The van der Waals surface area contributed by atoms with Crippen LogP contribution in [0.5, 0.6) is 0 Å². The van der Waals surface area contributed by atoms with E-state index < -0.39 is 11.4 Å². The zero-order valence-electron chi connectivity index (χ0n) is 13.8. The Balaban J connectivity index is 2.24. The fraction of sp³-hybridized carbons (Fsp3) is 0.0870.